The molecule has 1 aromatic carbocycles. The summed E-state index contributed by atoms with van der Waals surface area (Å²) in [5, 5.41) is 0.369. The molecule has 0 N–H and O–H groups in total. The molecule has 1 saturated carbocycles. The first-order valence-corrected chi connectivity index (χ1v) is 6.09. The average molecular weight is 267 g/mol. The third-order valence-corrected chi connectivity index (χ3v) is 3.64. The molecule has 18 heavy (non-hydrogen) atoms. The summed E-state index contributed by atoms with van der Waals surface area (Å²) in [6.45, 7) is 1.64. The van der Waals surface area contributed by atoms with Gasteiger partial charge in [-0.25, -0.2) is 0 Å². The van der Waals surface area contributed by atoms with Crippen LogP contribution in [0.15, 0.2) is 12.1 Å². The first-order valence-electron chi connectivity index (χ1n) is 5.71. The van der Waals surface area contributed by atoms with E-state index in [0.717, 1.165) is 0 Å². The van der Waals surface area contributed by atoms with Crippen LogP contribution in [0.4, 0.5) is 0 Å². The summed E-state index contributed by atoms with van der Waals surface area (Å²) in [5.41, 5.74) is 0.484. The van der Waals surface area contributed by atoms with Gasteiger partial charge in [-0.05, 0) is 25.5 Å². The number of fused-ring (bicyclic) bond motifs is 1. The fraction of sp³-hybridized carbons (Fsp3) is 0.385. The minimum Gasteiger partial charge on any atom is -0.454 e. The Morgan fingerprint density at radius 2 is 2.06 bits per heavy atom. The van der Waals surface area contributed by atoms with E-state index in [4.69, 9.17) is 21.1 Å². The lowest BCUT2D eigenvalue weighted by atomic mass is 10.0. The maximum atomic E-state index is 12.2. The van der Waals surface area contributed by atoms with Gasteiger partial charge in [0.05, 0.1) is 5.02 Å². The van der Waals surface area contributed by atoms with Crippen molar-refractivity contribution < 1.29 is 19.1 Å². The van der Waals surface area contributed by atoms with E-state index in [2.05, 4.69) is 0 Å². The minimum atomic E-state index is -0.195. The van der Waals surface area contributed by atoms with Crippen molar-refractivity contribution in [2.45, 2.75) is 13.3 Å². The number of carbonyl (C=O) groups is 2. The predicted octanol–water partition coefficient (Wildman–Crippen LogP) is 2.48. The number of halogens is 1. The summed E-state index contributed by atoms with van der Waals surface area (Å²) in [6.07, 6.45) is 0.639. The number of hydrogen-bond donors (Lipinski definition) is 0. The number of carbonyl (C=O) groups excluding carboxylic acids is 2. The molecular weight excluding hydrogens is 256 g/mol. The summed E-state index contributed by atoms with van der Waals surface area (Å²) in [6, 6.07) is 3.21. The quantitative estimate of drug-likeness (QED) is 0.789. The van der Waals surface area contributed by atoms with Crippen LogP contribution in [-0.4, -0.2) is 18.4 Å². The third kappa shape index (κ3) is 1.77. The van der Waals surface area contributed by atoms with Gasteiger partial charge in [-0.15, -0.1) is 0 Å². The molecule has 4 nitrogen and oxygen atoms in total. The molecule has 0 radical (unpaired) electrons. The van der Waals surface area contributed by atoms with Crippen molar-refractivity contribution in [2.75, 3.05) is 6.79 Å². The summed E-state index contributed by atoms with van der Waals surface area (Å²) in [5.74, 6) is 0.675. The molecule has 5 heteroatoms. The van der Waals surface area contributed by atoms with Crippen molar-refractivity contribution in [3.63, 3.8) is 0 Å². The fourth-order valence-corrected chi connectivity index (χ4v) is 2.52. The number of hydrogen-bond acceptors (Lipinski definition) is 4. The Kier molecular flexibility index (Phi) is 2.55. The topological polar surface area (TPSA) is 52.6 Å². The molecule has 0 amide bonds. The van der Waals surface area contributed by atoms with Crippen molar-refractivity contribution in [3.05, 3.63) is 22.7 Å². The van der Waals surface area contributed by atoms with E-state index in [1.807, 2.05) is 0 Å². The van der Waals surface area contributed by atoms with Gasteiger partial charge in [0.25, 0.3) is 0 Å². The van der Waals surface area contributed by atoms with Crippen molar-refractivity contribution >= 4 is 23.2 Å². The largest absolute Gasteiger partial charge is 0.454 e. The van der Waals surface area contributed by atoms with E-state index in [1.54, 1.807) is 12.1 Å². The zero-order chi connectivity index (χ0) is 12.9. The van der Waals surface area contributed by atoms with Gasteiger partial charge in [0, 0.05) is 17.4 Å². The van der Waals surface area contributed by atoms with Crippen LogP contribution in [0.1, 0.15) is 23.7 Å². The van der Waals surface area contributed by atoms with Crippen LogP contribution in [-0.2, 0) is 4.79 Å². The van der Waals surface area contributed by atoms with Gasteiger partial charge < -0.3 is 9.47 Å². The second-order valence-electron chi connectivity index (χ2n) is 4.62. The molecule has 1 aliphatic heterocycles. The van der Waals surface area contributed by atoms with Gasteiger partial charge in [-0.1, -0.05) is 11.6 Å². The lowest BCUT2D eigenvalue weighted by Crippen LogP contribution is -2.06. The Bertz CT molecular complexity index is 552. The van der Waals surface area contributed by atoms with Gasteiger partial charge in [0.15, 0.2) is 17.3 Å². The highest BCUT2D eigenvalue weighted by molar-refractivity contribution is 6.32. The Labute approximate surface area is 109 Å². The minimum absolute atomic E-state index is 0.0459. The first-order chi connectivity index (χ1) is 8.58. The maximum Gasteiger partial charge on any atom is 0.231 e. The van der Waals surface area contributed by atoms with Crippen LogP contribution in [0.3, 0.4) is 0 Å². The molecule has 94 valence electrons. The summed E-state index contributed by atoms with van der Waals surface area (Å²) in [7, 11) is 0. The molecule has 1 fully saturated rings. The molecule has 2 aliphatic rings. The van der Waals surface area contributed by atoms with Gasteiger partial charge in [0.2, 0.25) is 6.79 Å². The van der Waals surface area contributed by atoms with E-state index < -0.39 is 0 Å². The second-order valence-corrected chi connectivity index (χ2v) is 5.02. The highest BCUT2D eigenvalue weighted by Gasteiger charge is 2.46. The molecular formula is C13H11ClO4. The molecule has 0 spiro atoms. The van der Waals surface area contributed by atoms with Crippen LogP contribution in [0.2, 0.25) is 5.02 Å². The first kappa shape index (κ1) is 11.5. The summed E-state index contributed by atoms with van der Waals surface area (Å²) < 4.78 is 10.4. The molecule has 0 saturated heterocycles. The lowest BCUT2D eigenvalue weighted by molar-refractivity contribution is -0.118. The monoisotopic (exact) mass is 266 g/mol. The van der Waals surface area contributed by atoms with Crippen LogP contribution in [0, 0.1) is 11.8 Å². The zero-order valence-electron chi connectivity index (χ0n) is 9.73. The number of rotatable bonds is 3. The van der Waals surface area contributed by atoms with E-state index in [9.17, 15) is 9.59 Å². The number of ketones is 2. The standard InChI is InChI=1S/C13H11ClO4/c1-6(15)8-4-9(8)12(16)7-2-10(14)13-11(3-7)17-5-18-13/h2-3,8-9H,4-5H2,1H3/t8-,9+/m1/s1. The van der Waals surface area contributed by atoms with E-state index in [-0.39, 0.29) is 30.2 Å². The Balaban J connectivity index is 1.88. The fourth-order valence-electron chi connectivity index (χ4n) is 2.26. The molecule has 1 heterocycles. The van der Waals surface area contributed by atoms with E-state index in [1.165, 1.54) is 6.92 Å². The van der Waals surface area contributed by atoms with E-state index >= 15 is 0 Å². The smallest absolute Gasteiger partial charge is 0.231 e. The summed E-state index contributed by atoms with van der Waals surface area (Å²) in [4.78, 5) is 23.4. The predicted molar refractivity (Wildman–Crippen MR) is 64.2 cm³/mol. The Morgan fingerprint density at radius 1 is 1.28 bits per heavy atom. The summed E-state index contributed by atoms with van der Waals surface area (Å²) >= 11 is 6.02. The highest BCUT2D eigenvalue weighted by Crippen LogP contribution is 2.45. The average Bonchev–Trinajstić information content (AvgIpc) is 2.99. The van der Waals surface area contributed by atoms with Gasteiger partial charge >= 0.3 is 0 Å². The second kappa shape index (κ2) is 3.99. The third-order valence-electron chi connectivity index (χ3n) is 3.36. The normalized spacial score (nSPS) is 23.9. The molecule has 0 unspecified atom stereocenters. The van der Waals surface area contributed by atoms with E-state index in [0.29, 0.717) is 28.5 Å². The van der Waals surface area contributed by atoms with Gasteiger partial charge in [0.1, 0.15) is 5.78 Å². The van der Waals surface area contributed by atoms with Gasteiger partial charge in [-0.3, -0.25) is 9.59 Å². The zero-order valence-corrected chi connectivity index (χ0v) is 10.5. The van der Waals surface area contributed by atoms with Crippen molar-refractivity contribution in [1.82, 2.24) is 0 Å². The molecule has 3 rings (SSSR count). The van der Waals surface area contributed by atoms with Crippen molar-refractivity contribution in [3.8, 4) is 11.5 Å². The van der Waals surface area contributed by atoms with Crippen LogP contribution in [0.25, 0.3) is 0 Å². The molecule has 0 bridgehead atoms. The molecule has 1 aromatic rings. The van der Waals surface area contributed by atoms with Crippen molar-refractivity contribution in [2.24, 2.45) is 11.8 Å². The van der Waals surface area contributed by atoms with Crippen LogP contribution < -0.4 is 9.47 Å². The number of Topliss-reactive ketones (excluding diaryl/α,β-unsaturated/α-hetero) is 2. The SMILES string of the molecule is CC(=O)[C@H]1C[C@@H]1C(=O)c1cc(Cl)c2c(c1)OCO2. The van der Waals surface area contributed by atoms with Gasteiger partial charge in [-0.2, -0.15) is 0 Å². The molecule has 0 aromatic heterocycles. The molecule has 2 atom stereocenters. The van der Waals surface area contributed by atoms with Crippen LogP contribution >= 0.6 is 11.6 Å². The lowest BCUT2D eigenvalue weighted by Gasteiger charge is -2.04. The maximum absolute atomic E-state index is 12.2. The Hall–Kier alpha value is -1.55. The number of benzene rings is 1. The number of ether oxygens (including phenoxy) is 2. The molecule has 1 aliphatic carbocycles. The highest BCUT2D eigenvalue weighted by atomic mass is 35.5. The van der Waals surface area contributed by atoms with Crippen molar-refractivity contribution in [1.29, 1.82) is 0 Å². The van der Waals surface area contributed by atoms with Crippen LogP contribution in [0.5, 0.6) is 11.5 Å². The Morgan fingerprint density at radius 3 is 2.72 bits per heavy atom.